The third-order valence-corrected chi connectivity index (χ3v) is 9.75. The maximum atomic E-state index is 5.66. The third kappa shape index (κ3) is 7.91. The second kappa shape index (κ2) is 16.2. The van der Waals surface area contributed by atoms with Gasteiger partial charge in [-0.05, 0) is 147 Å². The first-order valence-corrected chi connectivity index (χ1v) is 17.6. The number of anilines is 1. The summed E-state index contributed by atoms with van der Waals surface area (Å²) in [6.45, 7) is 6.09. The molecule has 0 spiro atoms. The minimum Gasteiger partial charge on any atom is -0.405 e. The van der Waals surface area contributed by atoms with Crippen molar-refractivity contribution in [3.8, 4) is 0 Å². The zero-order chi connectivity index (χ0) is 33.1. The molecule has 48 heavy (non-hydrogen) atoms. The van der Waals surface area contributed by atoms with E-state index in [4.69, 9.17) is 5.73 Å². The summed E-state index contributed by atoms with van der Waals surface area (Å²) in [4.78, 5) is 2.34. The molecule has 0 saturated carbocycles. The van der Waals surface area contributed by atoms with Gasteiger partial charge in [0.1, 0.15) is 0 Å². The number of allylic oxidation sites excluding steroid dienone is 18. The number of aryl methyl sites for hydroxylation is 1. The van der Waals surface area contributed by atoms with Crippen LogP contribution in [0.2, 0.25) is 0 Å². The van der Waals surface area contributed by atoms with E-state index in [9.17, 15) is 0 Å². The second-order valence-electron chi connectivity index (χ2n) is 13.0. The van der Waals surface area contributed by atoms with Gasteiger partial charge in [-0.25, -0.2) is 0 Å². The topological polar surface area (TPSA) is 29.3 Å². The van der Waals surface area contributed by atoms with Gasteiger partial charge in [0.15, 0.2) is 0 Å². The molecule has 1 atom stereocenters. The molecule has 0 radical (unpaired) electrons. The standard InChI is InChI=1S/C46H48N2/c1-3-4-5-14-31-48(43-18-10-7-11-19-43)44-28-29-45(35(2)32-44)46-34-42(33-41(46)17-12-13-30-47)40-26-24-39(25-27-40)38-22-20-37(21-23-38)36-15-8-6-9-16-36/h3,6-8,10,12-14,17-18,20,22,24-32,34,36H,1,4-5,9,11,15-16,19,21,23,47H2,2H3/b17-12-,30-13-,31-14-. The van der Waals surface area contributed by atoms with E-state index in [0.717, 1.165) is 49.2 Å². The first kappa shape index (κ1) is 32.9. The molecule has 2 heteroatoms. The molecule has 0 saturated heterocycles. The molecule has 2 aromatic rings. The predicted molar refractivity (Wildman–Crippen MR) is 208 cm³/mol. The number of rotatable bonds is 12. The van der Waals surface area contributed by atoms with Crippen molar-refractivity contribution in [1.29, 1.82) is 0 Å². The van der Waals surface area contributed by atoms with Crippen LogP contribution in [0.1, 0.15) is 80.0 Å². The fourth-order valence-corrected chi connectivity index (χ4v) is 7.06. The smallest absolute Gasteiger partial charge is 0.0455 e. The van der Waals surface area contributed by atoms with Gasteiger partial charge < -0.3 is 10.6 Å². The van der Waals surface area contributed by atoms with E-state index in [-0.39, 0.29) is 0 Å². The van der Waals surface area contributed by atoms with E-state index < -0.39 is 0 Å². The minimum atomic E-state index is 0.732. The fourth-order valence-electron chi connectivity index (χ4n) is 7.06. The summed E-state index contributed by atoms with van der Waals surface area (Å²) >= 11 is 0. The molecule has 4 aliphatic carbocycles. The van der Waals surface area contributed by atoms with Crippen molar-refractivity contribution in [3.05, 3.63) is 185 Å². The summed E-state index contributed by atoms with van der Waals surface area (Å²) in [5, 5.41) is 0. The molecule has 6 rings (SSSR count). The zero-order valence-electron chi connectivity index (χ0n) is 28.4. The largest absolute Gasteiger partial charge is 0.405 e. The normalized spacial score (nSPS) is 19.3. The number of benzene rings is 2. The van der Waals surface area contributed by atoms with Crippen molar-refractivity contribution in [1.82, 2.24) is 0 Å². The molecule has 0 aromatic heterocycles. The van der Waals surface area contributed by atoms with Crippen LogP contribution in [-0.2, 0) is 0 Å². The Balaban J connectivity index is 1.26. The Morgan fingerprint density at radius 2 is 1.79 bits per heavy atom. The summed E-state index contributed by atoms with van der Waals surface area (Å²) in [5.74, 6) is 0.732. The SMILES string of the molecule is C=CCC/C=C\N(C1=CC=CCC1)c1ccc(C2=CC(c3ccc(C4=CC=C(C5CC=CCC5)CC4)cc3)=C=C2/C=C\C=C/N)c(C)c1. The number of hydrogen-bond donors (Lipinski definition) is 1. The number of hydrogen-bond acceptors (Lipinski definition) is 2. The Morgan fingerprint density at radius 3 is 2.50 bits per heavy atom. The van der Waals surface area contributed by atoms with E-state index in [0.29, 0.717) is 0 Å². The van der Waals surface area contributed by atoms with Gasteiger partial charge in [-0.2, -0.15) is 0 Å². The Bertz CT molecular complexity index is 1850. The number of unbranched alkanes of at least 4 members (excludes halogenated alkanes) is 1. The maximum Gasteiger partial charge on any atom is 0.0455 e. The Morgan fingerprint density at radius 1 is 0.917 bits per heavy atom. The van der Waals surface area contributed by atoms with Crippen LogP contribution in [-0.4, -0.2) is 0 Å². The van der Waals surface area contributed by atoms with E-state index in [1.807, 2.05) is 18.2 Å². The van der Waals surface area contributed by atoms with Crippen LogP contribution >= 0.6 is 0 Å². The number of nitrogens with zero attached hydrogens (tertiary/aromatic N) is 1. The van der Waals surface area contributed by atoms with Crippen molar-refractivity contribution in [3.63, 3.8) is 0 Å². The van der Waals surface area contributed by atoms with Gasteiger partial charge in [0.05, 0.1) is 0 Å². The Kier molecular flexibility index (Phi) is 11.1. The molecule has 1 unspecified atom stereocenters. The van der Waals surface area contributed by atoms with Crippen molar-refractivity contribution >= 4 is 22.4 Å². The summed E-state index contributed by atoms with van der Waals surface area (Å²) in [6.07, 6.45) is 42.4. The molecule has 2 nitrogen and oxygen atoms in total. The van der Waals surface area contributed by atoms with Gasteiger partial charge in [-0.3, -0.25) is 0 Å². The van der Waals surface area contributed by atoms with Crippen LogP contribution < -0.4 is 10.6 Å². The van der Waals surface area contributed by atoms with Crippen LogP contribution in [0.25, 0.3) is 16.7 Å². The highest BCUT2D eigenvalue weighted by Crippen LogP contribution is 2.39. The van der Waals surface area contributed by atoms with Crippen LogP contribution in [0, 0.1) is 12.8 Å². The highest BCUT2D eigenvalue weighted by Gasteiger charge is 2.20. The lowest BCUT2D eigenvalue weighted by Gasteiger charge is -2.26. The monoisotopic (exact) mass is 628 g/mol. The maximum absolute atomic E-state index is 5.66. The Labute approximate surface area is 288 Å². The molecule has 242 valence electrons. The van der Waals surface area contributed by atoms with Gasteiger partial charge in [-0.1, -0.05) is 90.6 Å². The van der Waals surface area contributed by atoms with Crippen LogP contribution in [0.5, 0.6) is 0 Å². The molecule has 0 fully saturated rings. The lowest BCUT2D eigenvalue weighted by Crippen LogP contribution is -2.16. The van der Waals surface area contributed by atoms with E-state index in [1.54, 1.807) is 11.8 Å². The quantitative estimate of drug-likeness (QED) is 0.110. The average Bonchev–Trinajstić information content (AvgIpc) is 3.56. The van der Waals surface area contributed by atoms with Gasteiger partial charge in [-0.15, -0.1) is 12.3 Å². The van der Waals surface area contributed by atoms with Crippen molar-refractivity contribution in [2.75, 3.05) is 4.90 Å². The molecule has 4 aliphatic rings. The van der Waals surface area contributed by atoms with Crippen molar-refractivity contribution < 1.29 is 0 Å². The van der Waals surface area contributed by atoms with E-state index in [2.05, 4.69) is 134 Å². The fraction of sp³-hybridized carbons (Fsp3) is 0.239. The first-order chi connectivity index (χ1) is 23.6. The van der Waals surface area contributed by atoms with Crippen LogP contribution in [0.3, 0.4) is 0 Å². The average molecular weight is 629 g/mol. The van der Waals surface area contributed by atoms with Crippen LogP contribution in [0.15, 0.2) is 163 Å². The second-order valence-corrected chi connectivity index (χ2v) is 13.0. The molecule has 0 bridgehead atoms. The summed E-state index contributed by atoms with van der Waals surface area (Å²) in [7, 11) is 0. The van der Waals surface area contributed by atoms with Crippen molar-refractivity contribution in [2.45, 2.75) is 64.7 Å². The number of nitrogens with two attached hydrogens (primary N) is 1. The first-order valence-electron chi connectivity index (χ1n) is 17.6. The highest BCUT2D eigenvalue weighted by molar-refractivity contribution is 5.97. The molecule has 2 aromatic carbocycles. The van der Waals surface area contributed by atoms with Gasteiger partial charge in [0, 0.05) is 28.7 Å². The third-order valence-electron chi connectivity index (χ3n) is 9.75. The molecule has 0 heterocycles. The summed E-state index contributed by atoms with van der Waals surface area (Å²) in [5.41, 5.74) is 23.2. The van der Waals surface area contributed by atoms with Crippen molar-refractivity contribution in [2.24, 2.45) is 11.7 Å². The highest BCUT2D eigenvalue weighted by atomic mass is 15.1. The molecular weight excluding hydrogens is 581 g/mol. The van der Waals surface area contributed by atoms with Crippen LogP contribution in [0.4, 0.5) is 5.69 Å². The molecule has 2 N–H and O–H groups in total. The molecular formula is C46H48N2. The predicted octanol–water partition coefficient (Wildman–Crippen LogP) is 12.0. The summed E-state index contributed by atoms with van der Waals surface area (Å²) in [6, 6.07) is 15.9. The van der Waals surface area contributed by atoms with Gasteiger partial charge >= 0.3 is 0 Å². The lowest BCUT2D eigenvalue weighted by molar-refractivity contribution is 0.534. The minimum absolute atomic E-state index is 0.732. The van der Waals surface area contributed by atoms with Gasteiger partial charge in [0.25, 0.3) is 0 Å². The summed E-state index contributed by atoms with van der Waals surface area (Å²) < 4.78 is 0. The molecule has 0 aliphatic heterocycles. The Hall–Kier alpha value is -5.04. The zero-order valence-corrected chi connectivity index (χ0v) is 28.4. The lowest BCUT2D eigenvalue weighted by atomic mass is 9.81. The van der Waals surface area contributed by atoms with E-state index in [1.165, 1.54) is 70.5 Å². The van der Waals surface area contributed by atoms with Gasteiger partial charge in [0.2, 0.25) is 0 Å². The molecule has 0 amide bonds. The van der Waals surface area contributed by atoms with E-state index >= 15 is 0 Å².